The summed E-state index contributed by atoms with van der Waals surface area (Å²) < 4.78 is 0. The number of terminal acetylenes is 1. The largest absolute Gasteiger partial charge is 0.373 e. The van der Waals surface area contributed by atoms with E-state index in [0.29, 0.717) is 0 Å². The van der Waals surface area contributed by atoms with E-state index in [1.54, 1.807) is 0 Å². The molecule has 0 saturated heterocycles. The number of nitrogens with zero attached hydrogens (tertiary/aromatic N) is 2. The molecular formula is C19H23ClN4. The fourth-order valence-corrected chi connectivity index (χ4v) is 3.50. The maximum absolute atomic E-state index is 6.36. The van der Waals surface area contributed by atoms with Crippen LogP contribution in [0.5, 0.6) is 0 Å². The summed E-state index contributed by atoms with van der Waals surface area (Å²) in [5.74, 6) is 3.65. The molecule has 1 aliphatic heterocycles. The number of H-pyrrole nitrogens is 1. The van der Waals surface area contributed by atoms with Gasteiger partial charge in [0.2, 0.25) is 0 Å². The van der Waals surface area contributed by atoms with Gasteiger partial charge in [-0.3, -0.25) is 5.32 Å². The zero-order chi connectivity index (χ0) is 17.3. The van der Waals surface area contributed by atoms with Crippen LogP contribution in [-0.4, -0.2) is 29.6 Å². The molecule has 4 nitrogen and oxygen atoms in total. The average molecular weight is 343 g/mol. The van der Waals surface area contributed by atoms with E-state index in [1.807, 2.05) is 12.3 Å². The van der Waals surface area contributed by atoms with Gasteiger partial charge in [-0.25, -0.2) is 4.98 Å². The molecule has 0 radical (unpaired) electrons. The molecule has 0 aliphatic carbocycles. The Morgan fingerprint density at radius 2 is 2.29 bits per heavy atom. The van der Waals surface area contributed by atoms with Crippen molar-refractivity contribution in [2.45, 2.75) is 38.8 Å². The highest BCUT2D eigenvalue weighted by Crippen LogP contribution is 2.40. The van der Waals surface area contributed by atoms with Gasteiger partial charge in [0, 0.05) is 24.2 Å². The Kier molecular flexibility index (Phi) is 4.84. The summed E-state index contributed by atoms with van der Waals surface area (Å²) in [6, 6.07) is 4.16. The van der Waals surface area contributed by atoms with E-state index in [1.165, 1.54) is 11.3 Å². The molecule has 0 spiro atoms. The van der Waals surface area contributed by atoms with Gasteiger partial charge >= 0.3 is 0 Å². The van der Waals surface area contributed by atoms with E-state index in [0.717, 1.165) is 41.5 Å². The lowest BCUT2D eigenvalue weighted by Gasteiger charge is -2.17. The molecule has 1 aromatic carbocycles. The number of fused-ring (bicyclic) bond motifs is 1. The molecule has 126 valence electrons. The molecule has 2 heterocycles. The average Bonchev–Trinajstić information content (AvgIpc) is 3.21. The van der Waals surface area contributed by atoms with E-state index >= 15 is 0 Å². The van der Waals surface area contributed by atoms with Crippen LogP contribution in [0.3, 0.4) is 0 Å². The minimum Gasteiger partial charge on any atom is -0.373 e. The van der Waals surface area contributed by atoms with E-state index in [2.05, 4.69) is 53.1 Å². The first-order valence-electron chi connectivity index (χ1n) is 8.35. The molecule has 1 aromatic heterocycles. The minimum atomic E-state index is 0.0551. The van der Waals surface area contributed by atoms with Crippen LogP contribution in [0.25, 0.3) is 11.3 Å². The number of aromatic amines is 1. The van der Waals surface area contributed by atoms with Crippen molar-refractivity contribution in [3.05, 3.63) is 34.7 Å². The summed E-state index contributed by atoms with van der Waals surface area (Å²) >= 11 is 6.36. The molecule has 3 rings (SSSR count). The van der Waals surface area contributed by atoms with Crippen LogP contribution in [0.2, 0.25) is 5.02 Å². The van der Waals surface area contributed by atoms with Gasteiger partial charge in [-0.05, 0) is 37.5 Å². The van der Waals surface area contributed by atoms with Gasteiger partial charge in [0.05, 0.1) is 29.7 Å². The first-order chi connectivity index (χ1) is 11.5. The van der Waals surface area contributed by atoms with Crippen LogP contribution < -0.4 is 10.2 Å². The van der Waals surface area contributed by atoms with Crippen LogP contribution in [-0.2, 0) is 6.42 Å². The number of hydrogen-bond acceptors (Lipinski definition) is 3. The monoisotopic (exact) mass is 342 g/mol. The molecule has 2 unspecified atom stereocenters. The van der Waals surface area contributed by atoms with Gasteiger partial charge in [0.15, 0.2) is 0 Å². The smallest absolute Gasteiger partial charge is 0.123 e. The second-order valence-electron chi connectivity index (χ2n) is 6.29. The number of imidazole rings is 1. The number of rotatable bonds is 5. The lowest BCUT2D eigenvalue weighted by atomic mass is 10.1. The zero-order valence-electron chi connectivity index (χ0n) is 14.4. The van der Waals surface area contributed by atoms with Crippen LogP contribution in [0, 0.1) is 12.3 Å². The molecular weight excluding hydrogens is 320 g/mol. The number of aromatic nitrogens is 2. The highest BCUT2D eigenvalue weighted by Gasteiger charge is 2.24. The molecule has 24 heavy (non-hydrogen) atoms. The zero-order valence-corrected chi connectivity index (χ0v) is 15.1. The number of likely N-dealkylation sites (N-methyl/N-ethyl adjacent to an activating group) is 1. The van der Waals surface area contributed by atoms with Crippen LogP contribution in [0.15, 0.2) is 18.3 Å². The van der Waals surface area contributed by atoms with Gasteiger partial charge in [-0.2, -0.15) is 0 Å². The summed E-state index contributed by atoms with van der Waals surface area (Å²) in [5.41, 5.74) is 4.57. The van der Waals surface area contributed by atoms with Crippen molar-refractivity contribution in [2.75, 3.05) is 18.5 Å². The highest BCUT2D eigenvalue weighted by atomic mass is 35.5. The topological polar surface area (TPSA) is 44.0 Å². The first-order valence-corrected chi connectivity index (χ1v) is 8.72. The Morgan fingerprint density at radius 1 is 1.50 bits per heavy atom. The van der Waals surface area contributed by atoms with Crippen molar-refractivity contribution < 1.29 is 0 Å². The van der Waals surface area contributed by atoms with Gasteiger partial charge in [0.25, 0.3) is 0 Å². The summed E-state index contributed by atoms with van der Waals surface area (Å²) in [6.07, 6.45) is 9.30. The molecule has 2 aromatic rings. The van der Waals surface area contributed by atoms with Crippen molar-refractivity contribution in [3.63, 3.8) is 0 Å². The van der Waals surface area contributed by atoms with E-state index in [9.17, 15) is 0 Å². The van der Waals surface area contributed by atoms with Crippen LogP contribution in [0.1, 0.15) is 37.7 Å². The summed E-state index contributed by atoms with van der Waals surface area (Å²) in [6.45, 7) is 5.14. The maximum atomic E-state index is 6.36. The van der Waals surface area contributed by atoms with Crippen LogP contribution >= 0.6 is 11.6 Å². The number of halogens is 1. The van der Waals surface area contributed by atoms with Gasteiger partial charge in [-0.1, -0.05) is 24.4 Å². The van der Waals surface area contributed by atoms with E-state index in [-0.39, 0.29) is 12.1 Å². The predicted octanol–water partition coefficient (Wildman–Crippen LogP) is 3.78. The highest BCUT2D eigenvalue weighted by molar-refractivity contribution is 6.32. The second kappa shape index (κ2) is 6.88. The van der Waals surface area contributed by atoms with Gasteiger partial charge in [0.1, 0.15) is 5.82 Å². The van der Waals surface area contributed by atoms with Crippen LogP contribution in [0.4, 0.5) is 5.69 Å². The molecule has 5 heteroatoms. The Balaban J connectivity index is 1.90. The van der Waals surface area contributed by atoms with Crippen molar-refractivity contribution in [1.82, 2.24) is 15.3 Å². The fraction of sp³-hybridized carbons (Fsp3) is 0.421. The third kappa shape index (κ3) is 3.02. The number of hydrogen-bond donors (Lipinski definition) is 2. The third-order valence-corrected chi connectivity index (χ3v) is 5.02. The standard InChI is InChI=1S/C19H23ClN4/c1-5-13(6-2)22-12(3)19-21-11-17(23-19)15-7-8-16(20)14-9-10-24(4)18(14)15/h1,7-8,11-13,22H,6,9-10H2,2-4H3,(H,21,23). The molecule has 2 N–H and O–H groups in total. The lowest BCUT2D eigenvalue weighted by molar-refractivity contribution is 0.496. The molecule has 0 fully saturated rings. The Labute approximate surface area is 148 Å². The summed E-state index contributed by atoms with van der Waals surface area (Å²) in [7, 11) is 2.10. The molecule has 0 bridgehead atoms. The summed E-state index contributed by atoms with van der Waals surface area (Å²) in [5, 5.41) is 4.25. The van der Waals surface area contributed by atoms with Gasteiger partial charge in [-0.15, -0.1) is 6.42 Å². The van der Waals surface area contributed by atoms with Crippen molar-refractivity contribution in [3.8, 4) is 23.6 Å². The molecule has 2 atom stereocenters. The molecule has 0 amide bonds. The third-order valence-electron chi connectivity index (χ3n) is 4.66. The quantitative estimate of drug-likeness (QED) is 0.813. The number of anilines is 1. The predicted molar refractivity (Wildman–Crippen MR) is 100 cm³/mol. The molecule has 1 aliphatic rings. The Morgan fingerprint density at radius 3 is 3.00 bits per heavy atom. The number of nitrogens with one attached hydrogen (secondary N) is 2. The van der Waals surface area contributed by atoms with Crippen molar-refractivity contribution in [2.24, 2.45) is 0 Å². The SMILES string of the molecule is C#CC(CC)NC(C)c1ncc(-c2ccc(Cl)c3c2N(C)CC3)[nH]1. The first kappa shape index (κ1) is 16.9. The normalized spacial score (nSPS) is 15.9. The Bertz CT molecular complexity index is 774. The van der Waals surface area contributed by atoms with E-state index < -0.39 is 0 Å². The van der Waals surface area contributed by atoms with E-state index in [4.69, 9.17) is 18.0 Å². The Hall–Kier alpha value is -1.96. The maximum Gasteiger partial charge on any atom is 0.123 e. The number of benzene rings is 1. The van der Waals surface area contributed by atoms with Crippen molar-refractivity contribution >= 4 is 17.3 Å². The van der Waals surface area contributed by atoms with Gasteiger partial charge < -0.3 is 9.88 Å². The molecule has 0 saturated carbocycles. The second-order valence-corrected chi connectivity index (χ2v) is 6.70. The lowest BCUT2D eigenvalue weighted by Crippen LogP contribution is -2.30. The fourth-order valence-electron chi connectivity index (χ4n) is 3.25. The summed E-state index contributed by atoms with van der Waals surface area (Å²) in [4.78, 5) is 10.2. The minimum absolute atomic E-state index is 0.0551. The van der Waals surface area contributed by atoms with Crippen molar-refractivity contribution in [1.29, 1.82) is 0 Å².